The summed E-state index contributed by atoms with van der Waals surface area (Å²) >= 11 is 2.01. The topological polar surface area (TPSA) is 0 Å². The molecule has 0 atom stereocenters. The summed E-state index contributed by atoms with van der Waals surface area (Å²) in [6.07, 6.45) is 6.01. The van der Waals surface area contributed by atoms with Gasteiger partial charge in [-0.1, -0.05) is 25.7 Å². The standard InChI is InChI=1S/C14H15BrF4/c15-14(18,19)13-11(16)7-10(8-12(13)17)9-5-3-1-2-4-6-9/h7-9H,1-6H2. The molecular weight excluding hydrogens is 324 g/mol. The number of hydrogen-bond donors (Lipinski definition) is 0. The predicted molar refractivity (Wildman–Crippen MR) is 69.6 cm³/mol. The molecule has 0 heterocycles. The van der Waals surface area contributed by atoms with Gasteiger partial charge in [0.1, 0.15) is 17.2 Å². The Morgan fingerprint density at radius 3 is 1.84 bits per heavy atom. The van der Waals surface area contributed by atoms with Gasteiger partial charge < -0.3 is 0 Å². The molecule has 0 amide bonds. The van der Waals surface area contributed by atoms with Gasteiger partial charge in [0.2, 0.25) is 0 Å². The molecule has 1 aromatic rings. The van der Waals surface area contributed by atoms with E-state index in [1.54, 1.807) is 0 Å². The summed E-state index contributed by atoms with van der Waals surface area (Å²) in [6.45, 7) is 0. The number of rotatable bonds is 2. The maximum absolute atomic E-state index is 13.7. The molecule has 0 saturated heterocycles. The highest BCUT2D eigenvalue weighted by atomic mass is 79.9. The van der Waals surface area contributed by atoms with Gasteiger partial charge in [0.15, 0.2) is 0 Å². The fourth-order valence-corrected chi connectivity index (χ4v) is 3.09. The number of alkyl halides is 3. The largest absolute Gasteiger partial charge is 0.332 e. The minimum atomic E-state index is -3.68. The monoisotopic (exact) mass is 338 g/mol. The molecule has 0 nitrogen and oxygen atoms in total. The Bertz CT molecular complexity index is 422. The Hall–Kier alpha value is -0.580. The average Bonchev–Trinajstić information content (AvgIpc) is 2.54. The van der Waals surface area contributed by atoms with Crippen molar-refractivity contribution in [3.8, 4) is 0 Å². The van der Waals surface area contributed by atoms with Crippen LogP contribution in [0.25, 0.3) is 0 Å². The van der Waals surface area contributed by atoms with Crippen LogP contribution in [0, 0.1) is 11.6 Å². The van der Waals surface area contributed by atoms with E-state index in [4.69, 9.17) is 0 Å². The minimum absolute atomic E-state index is 0.0736. The van der Waals surface area contributed by atoms with Crippen molar-refractivity contribution in [1.82, 2.24) is 0 Å². The lowest BCUT2D eigenvalue weighted by molar-refractivity contribution is 0.105. The van der Waals surface area contributed by atoms with Crippen LogP contribution in [0.1, 0.15) is 55.6 Å². The predicted octanol–water partition coefficient (Wildman–Crippen LogP) is 5.85. The molecule has 0 unspecified atom stereocenters. The average molecular weight is 339 g/mol. The Morgan fingerprint density at radius 1 is 0.947 bits per heavy atom. The molecular formula is C14H15BrF4. The van der Waals surface area contributed by atoms with Crippen LogP contribution in [-0.2, 0) is 4.83 Å². The van der Waals surface area contributed by atoms with Crippen molar-refractivity contribution < 1.29 is 17.6 Å². The zero-order valence-electron chi connectivity index (χ0n) is 10.4. The van der Waals surface area contributed by atoms with Crippen LogP contribution in [-0.4, -0.2) is 0 Å². The van der Waals surface area contributed by atoms with Crippen LogP contribution in [0.15, 0.2) is 12.1 Å². The van der Waals surface area contributed by atoms with E-state index in [0.29, 0.717) is 5.56 Å². The fourth-order valence-electron chi connectivity index (χ4n) is 2.71. The zero-order valence-corrected chi connectivity index (χ0v) is 12.0. The molecule has 1 aliphatic rings. The second-order valence-electron chi connectivity index (χ2n) is 5.05. The summed E-state index contributed by atoms with van der Waals surface area (Å²) in [5, 5.41) is 0. The molecule has 0 aliphatic heterocycles. The van der Waals surface area contributed by atoms with Crippen LogP contribution in [0.5, 0.6) is 0 Å². The van der Waals surface area contributed by atoms with Gasteiger partial charge in [-0.2, -0.15) is 8.78 Å². The van der Waals surface area contributed by atoms with Gasteiger partial charge in [-0.25, -0.2) is 8.78 Å². The minimum Gasteiger partial charge on any atom is -0.206 e. The third-order valence-corrected chi connectivity index (χ3v) is 4.07. The maximum atomic E-state index is 13.7. The Morgan fingerprint density at radius 2 is 1.42 bits per heavy atom. The fraction of sp³-hybridized carbons (Fsp3) is 0.571. The summed E-state index contributed by atoms with van der Waals surface area (Å²) in [6, 6.07) is 2.12. The van der Waals surface area contributed by atoms with Crippen LogP contribution in [0.4, 0.5) is 17.6 Å². The highest BCUT2D eigenvalue weighted by molar-refractivity contribution is 9.09. The highest BCUT2D eigenvalue weighted by Crippen LogP contribution is 2.40. The van der Waals surface area contributed by atoms with Gasteiger partial charge in [-0.3, -0.25) is 0 Å². The second kappa shape index (κ2) is 5.81. The third kappa shape index (κ3) is 3.50. The number of hydrogen-bond acceptors (Lipinski definition) is 0. The molecule has 0 spiro atoms. The first-order chi connectivity index (χ1) is 8.89. The van der Waals surface area contributed by atoms with Gasteiger partial charge in [0.05, 0.1) is 0 Å². The SMILES string of the molecule is Fc1cc(C2CCCCCC2)cc(F)c1C(F)(F)Br. The van der Waals surface area contributed by atoms with Crippen molar-refractivity contribution in [3.63, 3.8) is 0 Å². The molecule has 5 heteroatoms. The molecule has 0 bridgehead atoms. The lowest BCUT2D eigenvalue weighted by Crippen LogP contribution is -2.11. The van der Waals surface area contributed by atoms with E-state index in [9.17, 15) is 17.6 Å². The highest BCUT2D eigenvalue weighted by Gasteiger charge is 2.35. The normalized spacial score (nSPS) is 18.4. The Kier molecular flexibility index (Phi) is 4.54. The molecule has 2 rings (SSSR count). The lowest BCUT2D eigenvalue weighted by Gasteiger charge is -2.17. The number of benzene rings is 1. The lowest BCUT2D eigenvalue weighted by atomic mass is 9.91. The molecule has 1 fully saturated rings. The van der Waals surface area contributed by atoms with E-state index < -0.39 is 22.0 Å². The van der Waals surface area contributed by atoms with Crippen molar-refractivity contribution in [2.45, 2.75) is 49.3 Å². The molecule has 1 aromatic carbocycles. The maximum Gasteiger partial charge on any atom is 0.332 e. The summed E-state index contributed by atoms with van der Waals surface area (Å²) in [5.41, 5.74) is -0.706. The van der Waals surface area contributed by atoms with Gasteiger partial charge in [-0.15, -0.1) is 0 Å². The quantitative estimate of drug-likeness (QED) is 0.360. The van der Waals surface area contributed by atoms with E-state index in [-0.39, 0.29) is 5.92 Å². The van der Waals surface area contributed by atoms with Crippen molar-refractivity contribution in [1.29, 1.82) is 0 Å². The van der Waals surface area contributed by atoms with Crippen LogP contribution in [0.3, 0.4) is 0 Å². The van der Waals surface area contributed by atoms with Gasteiger partial charge in [0.25, 0.3) is 0 Å². The third-order valence-electron chi connectivity index (χ3n) is 3.67. The van der Waals surface area contributed by atoms with Crippen molar-refractivity contribution in [2.75, 3.05) is 0 Å². The molecule has 0 radical (unpaired) electrons. The number of halogens is 5. The van der Waals surface area contributed by atoms with Crippen molar-refractivity contribution >= 4 is 15.9 Å². The van der Waals surface area contributed by atoms with Crippen LogP contribution >= 0.6 is 15.9 Å². The van der Waals surface area contributed by atoms with Gasteiger partial charge in [-0.05, 0) is 52.4 Å². The summed E-state index contributed by atoms with van der Waals surface area (Å²) in [4.78, 5) is -3.68. The molecule has 0 N–H and O–H groups in total. The molecule has 1 saturated carbocycles. The first-order valence-corrected chi connectivity index (χ1v) is 7.25. The van der Waals surface area contributed by atoms with Crippen LogP contribution < -0.4 is 0 Å². The zero-order chi connectivity index (χ0) is 14.0. The van der Waals surface area contributed by atoms with E-state index in [0.717, 1.165) is 50.7 Å². The smallest absolute Gasteiger partial charge is 0.206 e. The summed E-state index contributed by atoms with van der Waals surface area (Å²) < 4.78 is 53.5. The van der Waals surface area contributed by atoms with Crippen molar-refractivity contribution in [3.05, 3.63) is 34.9 Å². The Labute approximate surface area is 118 Å². The van der Waals surface area contributed by atoms with Gasteiger partial charge in [0, 0.05) is 0 Å². The first-order valence-electron chi connectivity index (χ1n) is 6.45. The van der Waals surface area contributed by atoms with E-state index in [1.165, 1.54) is 0 Å². The van der Waals surface area contributed by atoms with Crippen LogP contribution in [0.2, 0.25) is 0 Å². The van der Waals surface area contributed by atoms with E-state index >= 15 is 0 Å². The van der Waals surface area contributed by atoms with E-state index in [1.807, 2.05) is 15.9 Å². The van der Waals surface area contributed by atoms with E-state index in [2.05, 4.69) is 0 Å². The molecule has 1 aliphatic carbocycles. The summed E-state index contributed by atoms with van der Waals surface area (Å²) in [7, 11) is 0. The van der Waals surface area contributed by atoms with Crippen molar-refractivity contribution in [2.24, 2.45) is 0 Å². The first kappa shape index (κ1) is 14.8. The second-order valence-corrected chi connectivity index (χ2v) is 6.04. The van der Waals surface area contributed by atoms with Gasteiger partial charge >= 0.3 is 4.83 Å². The Balaban J connectivity index is 2.33. The molecule has 19 heavy (non-hydrogen) atoms. The molecule has 0 aromatic heterocycles. The summed E-state index contributed by atoms with van der Waals surface area (Å²) in [5.74, 6) is -2.29. The molecule has 106 valence electrons.